The lowest BCUT2D eigenvalue weighted by molar-refractivity contribution is 0.0981. The van der Waals surface area contributed by atoms with Gasteiger partial charge in [-0.15, -0.1) is 0 Å². The van der Waals surface area contributed by atoms with Crippen LogP contribution in [0.25, 0.3) is 0 Å². The van der Waals surface area contributed by atoms with Crippen molar-refractivity contribution in [3.63, 3.8) is 0 Å². The van der Waals surface area contributed by atoms with Crippen molar-refractivity contribution in [2.75, 3.05) is 19.8 Å². The van der Waals surface area contributed by atoms with Gasteiger partial charge in [0.2, 0.25) is 0 Å². The third kappa shape index (κ3) is 2.83. The summed E-state index contributed by atoms with van der Waals surface area (Å²) < 4.78 is 30.4. The van der Waals surface area contributed by atoms with E-state index in [2.05, 4.69) is 5.32 Å². The molecule has 1 heterocycles. The van der Waals surface area contributed by atoms with Gasteiger partial charge in [0.05, 0.1) is 10.5 Å². The summed E-state index contributed by atoms with van der Waals surface area (Å²) in [5.41, 5.74) is 0. The molecule has 2 rings (SSSR count). The zero-order valence-corrected chi connectivity index (χ0v) is 11.3. The number of hydrogen-bond acceptors (Lipinski definition) is 4. The topological polar surface area (TPSA) is 55.4 Å². The predicted octanol–water partition coefficient (Wildman–Crippen LogP) is 1.11. The molecule has 0 spiro atoms. The standard InChI is InChI=1S/C12H23NO3S/c1-2-13-11-4-3-5-12(11)17(14,15)10-6-8-16-9-7-10/h10-13H,2-9H2,1H3. The van der Waals surface area contributed by atoms with Gasteiger partial charge in [-0.2, -0.15) is 0 Å². The van der Waals surface area contributed by atoms with Crippen molar-refractivity contribution in [2.45, 2.75) is 55.6 Å². The molecule has 0 aromatic rings. The van der Waals surface area contributed by atoms with Crippen molar-refractivity contribution >= 4 is 9.84 Å². The zero-order chi connectivity index (χ0) is 12.3. The number of hydrogen-bond donors (Lipinski definition) is 1. The highest BCUT2D eigenvalue weighted by molar-refractivity contribution is 7.92. The Labute approximate surface area is 104 Å². The second-order valence-corrected chi connectivity index (χ2v) is 7.48. The van der Waals surface area contributed by atoms with Gasteiger partial charge in [-0.25, -0.2) is 8.42 Å². The van der Waals surface area contributed by atoms with E-state index in [9.17, 15) is 8.42 Å². The summed E-state index contributed by atoms with van der Waals surface area (Å²) >= 11 is 0. The van der Waals surface area contributed by atoms with Gasteiger partial charge < -0.3 is 10.1 Å². The third-order valence-electron chi connectivity index (χ3n) is 3.97. The van der Waals surface area contributed by atoms with Crippen molar-refractivity contribution in [1.82, 2.24) is 5.32 Å². The van der Waals surface area contributed by atoms with Crippen LogP contribution in [0, 0.1) is 0 Å². The van der Waals surface area contributed by atoms with E-state index in [1.807, 2.05) is 6.92 Å². The molecule has 0 radical (unpaired) electrons. The van der Waals surface area contributed by atoms with E-state index in [0.29, 0.717) is 26.1 Å². The van der Waals surface area contributed by atoms with Crippen molar-refractivity contribution in [1.29, 1.82) is 0 Å². The molecule has 17 heavy (non-hydrogen) atoms. The van der Waals surface area contributed by atoms with E-state index in [4.69, 9.17) is 4.74 Å². The number of sulfone groups is 1. The lowest BCUT2D eigenvalue weighted by atomic mass is 10.2. The Balaban J connectivity index is 2.07. The molecule has 2 fully saturated rings. The molecule has 2 atom stereocenters. The SMILES string of the molecule is CCNC1CCCC1S(=O)(=O)C1CCOCC1. The summed E-state index contributed by atoms with van der Waals surface area (Å²) in [6.45, 7) is 4.09. The fourth-order valence-electron chi connectivity index (χ4n) is 3.07. The Kier molecular flexibility index (Phi) is 4.44. The summed E-state index contributed by atoms with van der Waals surface area (Å²) in [6, 6.07) is 0.174. The first-order valence-electron chi connectivity index (χ1n) is 6.70. The molecule has 4 nitrogen and oxygen atoms in total. The molecule has 1 aliphatic heterocycles. The van der Waals surface area contributed by atoms with Crippen LogP contribution in [-0.4, -0.2) is 44.7 Å². The van der Waals surface area contributed by atoms with Gasteiger partial charge in [0.1, 0.15) is 0 Å². The Bertz CT molecular complexity index is 336. The monoisotopic (exact) mass is 261 g/mol. The Morgan fingerprint density at radius 1 is 1.18 bits per heavy atom. The minimum atomic E-state index is -2.98. The summed E-state index contributed by atoms with van der Waals surface area (Å²) in [7, 11) is -2.98. The van der Waals surface area contributed by atoms with Crippen LogP contribution in [0.1, 0.15) is 39.0 Å². The fourth-order valence-corrected chi connectivity index (χ4v) is 5.60. The van der Waals surface area contributed by atoms with E-state index in [1.54, 1.807) is 0 Å². The van der Waals surface area contributed by atoms with Crippen LogP contribution in [-0.2, 0) is 14.6 Å². The number of ether oxygens (including phenoxy) is 1. The van der Waals surface area contributed by atoms with E-state index in [0.717, 1.165) is 25.8 Å². The predicted molar refractivity (Wildman–Crippen MR) is 67.9 cm³/mol. The van der Waals surface area contributed by atoms with Crippen molar-refractivity contribution < 1.29 is 13.2 Å². The van der Waals surface area contributed by atoms with Crippen LogP contribution >= 0.6 is 0 Å². The second kappa shape index (κ2) is 5.67. The molecule has 0 aromatic carbocycles. The quantitative estimate of drug-likeness (QED) is 0.823. The van der Waals surface area contributed by atoms with Crippen molar-refractivity contribution in [2.24, 2.45) is 0 Å². The summed E-state index contributed by atoms with van der Waals surface area (Å²) in [4.78, 5) is 0. The molecule has 2 aliphatic rings. The number of rotatable bonds is 4. The van der Waals surface area contributed by atoms with Crippen LogP contribution in [0.3, 0.4) is 0 Å². The molecule has 1 N–H and O–H groups in total. The number of nitrogens with one attached hydrogen (secondary N) is 1. The zero-order valence-electron chi connectivity index (χ0n) is 10.5. The lowest BCUT2D eigenvalue weighted by Crippen LogP contribution is -2.45. The van der Waals surface area contributed by atoms with E-state index in [1.165, 1.54) is 0 Å². The molecule has 5 heteroatoms. The van der Waals surface area contributed by atoms with E-state index < -0.39 is 9.84 Å². The Morgan fingerprint density at radius 3 is 2.53 bits per heavy atom. The minimum absolute atomic E-state index is 0.162. The van der Waals surface area contributed by atoms with Crippen LogP contribution in [0.4, 0.5) is 0 Å². The van der Waals surface area contributed by atoms with Crippen LogP contribution in [0.5, 0.6) is 0 Å². The molecule has 0 aromatic heterocycles. The first kappa shape index (κ1) is 13.3. The smallest absolute Gasteiger partial charge is 0.157 e. The summed E-state index contributed by atoms with van der Waals surface area (Å²) in [5.74, 6) is 0. The van der Waals surface area contributed by atoms with Gasteiger partial charge in [0.25, 0.3) is 0 Å². The maximum absolute atomic E-state index is 12.6. The van der Waals surface area contributed by atoms with Crippen LogP contribution in [0.2, 0.25) is 0 Å². The molecule has 100 valence electrons. The molecule has 0 amide bonds. The van der Waals surface area contributed by atoms with Gasteiger partial charge in [-0.3, -0.25) is 0 Å². The van der Waals surface area contributed by atoms with Gasteiger partial charge in [0, 0.05) is 19.3 Å². The van der Waals surface area contributed by atoms with E-state index in [-0.39, 0.29) is 16.5 Å². The average Bonchev–Trinajstić information content (AvgIpc) is 2.80. The fraction of sp³-hybridized carbons (Fsp3) is 1.00. The second-order valence-electron chi connectivity index (χ2n) is 5.03. The Morgan fingerprint density at radius 2 is 1.88 bits per heavy atom. The molecule has 1 aliphatic carbocycles. The maximum Gasteiger partial charge on any atom is 0.157 e. The van der Waals surface area contributed by atoms with Gasteiger partial charge >= 0.3 is 0 Å². The maximum atomic E-state index is 12.6. The molecular formula is C12H23NO3S. The first-order valence-corrected chi connectivity index (χ1v) is 8.31. The highest BCUT2D eigenvalue weighted by atomic mass is 32.2. The molecule has 1 saturated carbocycles. The van der Waals surface area contributed by atoms with Gasteiger partial charge in [-0.1, -0.05) is 13.3 Å². The largest absolute Gasteiger partial charge is 0.381 e. The van der Waals surface area contributed by atoms with Crippen LogP contribution in [0.15, 0.2) is 0 Å². The summed E-state index contributed by atoms with van der Waals surface area (Å²) in [5, 5.41) is 3.00. The third-order valence-corrected chi connectivity index (χ3v) is 6.78. The van der Waals surface area contributed by atoms with E-state index >= 15 is 0 Å². The van der Waals surface area contributed by atoms with Crippen molar-refractivity contribution in [3.8, 4) is 0 Å². The first-order chi connectivity index (χ1) is 8.16. The molecular weight excluding hydrogens is 238 g/mol. The highest BCUT2D eigenvalue weighted by Gasteiger charge is 2.41. The highest BCUT2D eigenvalue weighted by Crippen LogP contribution is 2.31. The van der Waals surface area contributed by atoms with Gasteiger partial charge in [0.15, 0.2) is 9.84 Å². The average molecular weight is 261 g/mol. The Hall–Kier alpha value is -0.130. The lowest BCUT2D eigenvalue weighted by Gasteiger charge is -2.28. The molecule has 2 unspecified atom stereocenters. The van der Waals surface area contributed by atoms with Gasteiger partial charge in [-0.05, 0) is 32.2 Å². The summed E-state index contributed by atoms with van der Waals surface area (Å²) in [6.07, 6.45) is 4.22. The minimum Gasteiger partial charge on any atom is -0.381 e. The molecule has 1 saturated heterocycles. The van der Waals surface area contributed by atoms with Crippen LogP contribution < -0.4 is 5.32 Å². The molecule has 0 bridgehead atoms. The van der Waals surface area contributed by atoms with Crippen molar-refractivity contribution in [3.05, 3.63) is 0 Å². The normalized spacial score (nSPS) is 31.8.